The zero-order valence-electron chi connectivity index (χ0n) is 9.67. The van der Waals surface area contributed by atoms with Gasteiger partial charge >= 0.3 is 0 Å². The Labute approximate surface area is 87.3 Å². The molecule has 0 aromatic heterocycles. The lowest BCUT2D eigenvalue weighted by Crippen LogP contribution is -1.95. The monoisotopic (exact) mass is 188 g/mol. The van der Waals surface area contributed by atoms with Crippen LogP contribution in [-0.4, -0.2) is 0 Å². The van der Waals surface area contributed by atoms with Crippen LogP contribution < -0.4 is 0 Å². The van der Waals surface area contributed by atoms with E-state index in [0.717, 1.165) is 5.92 Å². The molecule has 0 N–H and O–H groups in total. The molecule has 0 saturated heterocycles. The van der Waals surface area contributed by atoms with Crippen molar-refractivity contribution in [2.75, 3.05) is 0 Å². The Kier molecular flexibility index (Phi) is 1.99. The van der Waals surface area contributed by atoms with Crippen molar-refractivity contribution in [1.29, 1.82) is 0 Å². The van der Waals surface area contributed by atoms with Crippen molar-refractivity contribution in [3.8, 4) is 0 Å². The third kappa shape index (κ3) is 1.28. The molecule has 1 aromatic rings. The average molecular weight is 188 g/mol. The van der Waals surface area contributed by atoms with Crippen molar-refractivity contribution in [2.24, 2.45) is 16.7 Å². The predicted molar refractivity (Wildman–Crippen MR) is 61.2 cm³/mol. The molecule has 0 radical (unpaired) electrons. The SMILES string of the molecule is CC1(C)C(Cc2ccccc2)C1(C)C. The van der Waals surface area contributed by atoms with Gasteiger partial charge in [0.1, 0.15) is 0 Å². The summed E-state index contributed by atoms with van der Waals surface area (Å²) in [5.41, 5.74) is 2.52. The van der Waals surface area contributed by atoms with Crippen LogP contribution in [0, 0.1) is 16.7 Å². The second-order valence-corrected chi connectivity index (χ2v) is 5.69. The van der Waals surface area contributed by atoms with Crippen LogP contribution in [0.2, 0.25) is 0 Å². The van der Waals surface area contributed by atoms with Crippen molar-refractivity contribution < 1.29 is 0 Å². The molecule has 0 amide bonds. The second kappa shape index (κ2) is 2.85. The van der Waals surface area contributed by atoms with Crippen LogP contribution in [0.1, 0.15) is 33.3 Å². The van der Waals surface area contributed by atoms with E-state index in [2.05, 4.69) is 58.0 Å². The van der Waals surface area contributed by atoms with E-state index < -0.39 is 0 Å². The van der Waals surface area contributed by atoms with Gasteiger partial charge in [0.2, 0.25) is 0 Å². The molecule has 0 atom stereocenters. The Bertz CT molecular complexity index is 305. The maximum atomic E-state index is 2.39. The Morgan fingerprint density at radius 2 is 1.43 bits per heavy atom. The molecule has 0 heterocycles. The first-order valence-corrected chi connectivity index (χ1v) is 5.50. The minimum absolute atomic E-state index is 0.517. The topological polar surface area (TPSA) is 0 Å². The summed E-state index contributed by atoms with van der Waals surface area (Å²) in [5, 5.41) is 0. The van der Waals surface area contributed by atoms with Crippen molar-refractivity contribution in [2.45, 2.75) is 34.1 Å². The van der Waals surface area contributed by atoms with E-state index in [-0.39, 0.29) is 0 Å². The zero-order valence-corrected chi connectivity index (χ0v) is 9.67. The van der Waals surface area contributed by atoms with Crippen molar-refractivity contribution >= 4 is 0 Å². The lowest BCUT2D eigenvalue weighted by molar-refractivity contribution is 0.457. The fourth-order valence-corrected chi connectivity index (χ4v) is 2.69. The minimum atomic E-state index is 0.517. The molecule has 0 spiro atoms. The number of hydrogen-bond donors (Lipinski definition) is 0. The van der Waals surface area contributed by atoms with Crippen molar-refractivity contribution in [3.05, 3.63) is 35.9 Å². The standard InChI is InChI=1S/C14H20/c1-13(2)12(14(13,3)4)10-11-8-6-5-7-9-11/h5-9,12H,10H2,1-4H3. The summed E-state index contributed by atoms with van der Waals surface area (Å²) in [6.07, 6.45) is 1.24. The quantitative estimate of drug-likeness (QED) is 0.660. The molecule has 1 fully saturated rings. The van der Waals surface area contributed by atoms with E-state index in [0.29, 0.717) is 10.8 Å². The van der Waals surface area contributed by atoms with Gasteiger partial charge in [0.25, 0.3) is 0 Å². The average Bonchev–Trinajstić information content (AvgIpc) is 2.50. The van der Waals surface area contributed by atoms with Crippen LogP contribution in [0.3, 0.4) is 0 Å². The molecule has 0 unspecified atom stereocenters. The summed E-state index contributed by atoms with van der Waals surface area (Å²) in [7, 11) is 0. The third-order valence-corrected chi connectivity index (χ3v) is 4.60. The molecular weight excluding hydrogens is 168 g/mol. The van der Waals surface area contributed by atoms with E-state index in [1.165, 1.54) is 12.0 Å². The molecule has 1 aliphatic carbocycles. The fraction of sp³-hybridized carbons (Fsp3) is 0.571. The summed E-state index contributed by atoms with van der Waals surface area (Å²) < 4.78 is 0. The van der Waals surface area contributed by atoms with Gasteiger partial charge in [-0.05, 0) is 28.7 Å². The highest BCUT2D eigenvalue weighted by atomic mass is 14.7. The largest absolute Gasteiger partial charge is 0.0622 e. The molecular formula is C14H20. The van der Waals surface area contributed by atoms with Gasteiger partial charge in [-0.15, -0.1) is 0 Å². The van der Waals surface area contributed by atoms with Crippen LogP contribution in [0.4, 0.5) is 0 Å². The highest BCUT2D eigenvalue weighted by Crippen LogP contribution is 2.69. The van der Waals surface area contributed by atoms with E-state index in [9.17, 15) is 0 Å². The summed E-state index contributed by atoms with van der Waals surface area (Å²) in [5.74, 6) is 0.845. The van der Waals surface area contributed by atoms with Gasteiger partial charge in [0.05, 0.1) is 0 Å². The smallest absolute Gasteiger partial charge is 0.0240 e. The highest BCUT2D eigenvalue weighted by molar-refractivity contribution is 5.22. The summed E-state index contributed by atoms with van der Waals surface area (Å²) >= 11 is 0. The first-order valence-electron chi connectivity index (χ1n) is 5.50. The molecule has 2 rings (SSSR count). The molecule has 76 valence electrons. The maximum absolute atomic E-state index is 2.39. The van der Waals surface area contributed by atoms with Crippen LogP contribution in [-0.2, 0) is 6.42 Å². The van der Waals surface area contributed by atoms with Gasteiger partial charge in [-0.3, -0.25) is 0 Å². The summed E-state index contributed by atoms with van der Waals surface area (Å²) in [4.78, 5) is 0. The number of rotatable bonds is 2. The normalized spacial score (nSPS) is 23.4. The molecule has 1 aromatic carbocycles. The van der Waals surface area contributed by atoms with Crippen LogP contribution in [0.5, 0.6) is 0 Å². The molecule has 0 aliphatic heterocycles. The Balaban J connectivity index is 2.09. The van der Waals surface area contributed by atoms with E-state index in [4.69, 9.17) is 0 Å². The van der Waals surface area contributed by atoms with Crippen LogP contribution >= 0.6 is 0 Å². The predicted octanol–water partition coefficient (Wildman–Crippen LogP) is 3.91. The van der Waals surface area contributed by atoms with Gasteiger partial charge in [0.15, 0.2) is 0 Å². The minimum Gasteiger partial charge on any atom is -0.0622 e. The van der Waals surface area contributed by atoms with E-state index >= 15 is 0 Å². The molecule has 1 aliphatic rings. The van der Waals surface area contributed by atoms with Gasteiger partial charge < -0.3 is 0 Å². The number of benzene rings is 1. The molecule has 1 saturated carbocycles. The van der Waals surface area contributed by atoms with E-state index in [1.807, 2.05) is 0 Å². The zero-order chi connectivity index (χ0) is 10.4. The van der Waals surface area contributed by atoms with Crippen LogP contribution in [0.25, 0.3) is 0 Å². The summed E-state index contributed by atoms with van der Waals surface area (Å²) in [6.45, 7) is 9.56. The van der Waals surface area contributed by atoms with E-state index in [1.54, 1.807) is 0 Å². The lowest BCUT2D eigenvalue weighted by atomic mass is 10.0. The van der Waals surface area contributed by atoms with Gasteiger partial charge in [-0.2, -0.15) is 0 Å². The van der Waals surface area contributed by atoms with Gasteiger partial charge in [0, 0.05) is 0 Å². The summed E-state index contributed by atoms with van der Waals surface area (Å²) in [6, 6.07) is 10.8. The Morgan fingerprint density at radius 3 is 1.86 bits per heavy atom. The van der Waals surface area contributed by atoms with Gasteiger partial charge in [-0.1, -0.05) is 58.0 Å². The Hall–Kier alpha value is -0.780. The van der Waals surface area contributed by atoms with Crippen LogP contribution in [0.15, 0.2) is 30.3 Å². The highest BCUT2D eigenvalue weighted by Gasteiger charge is 2.63. The lowest BCUT2D eigenvalue weighted by Gasteiger charge is -2.04. The molecule has 0 bridgehead atoms. The number of hydrogen-bond acceptors (Lipinski definition) is 0. The molecule has 0 heteroatoms. The van der Waals surface area contributed by atoms with Crippen molar-refractivity contribution in [3.63, 3.8) is 0 Å². The Morgan fingerprint density at radius 1 is 0.929 bits per heavy atom. The molecule has 0 nitrogen and oxygen atoms in total. The van der Waals surface area contributed by atoms with Gasteiger partial charge in [-0.25, -0.2) is 0 Å². The first-order chi connectivity index (χ1) is 6.46. The maximum Gasteiger partial charge on any atom is -0.0240 e. The second-order valence-electron chi connectivity index (χ2n) is 5.69. The fourth-order valence-electron chi connectivity index (χ4n) is 2.69. The third-order valence-electron chi connectivity index (χ3n) is 4.60. The molecule has 14 heavy (non-hydrogen) atoms. The first kappa shape index (κ1) is 9.76. The van der Waals surface area contributed by atoms with Crippen molar-refractivity contribution in [1.82, 2.24) is 0 Å².